The maximum atomic E-state index is 12.5. The maximum Gasteiger partial charge on any atom is 0.281 e. The third-order valence-electron chi connectivity index (χ3n) is 4.89. The van der Waals surface area contributed by atoms with Gasteiger partial charge in [0.05, 0.1) is 12.7 Å². The fourth-order valence-electron chi connectivity index (χ4n) is 3.54. The van der Waals surface area contributed by atoms with E-state index in [1.54, 1.807) is 24.6 Å². The minimum Gasteiger partial charge on any atom is -0.477 e. The number of hydrogen-bond acceptors (Lipinski definition) is 5. The summed E-state index contributed by atoms with van der Waals surface area (Å²) in [5, 5.41) is 0. The molecule has 0 spiro atoms. The normalized spacial score (nSPS) is 28.5. The van der Waals surface area contributed by atoms with E-state index < -0.39 is 10.2 Å². The highest BCUT2D eigenvalue weighted by Crippen LogP contribution is 2.41. The molecule has 0 radical (unpaired) electrons. The van der Waals surface area contributed by atoms with Crippen LogP contribution in [0.15, 0.2) is 24.4 Å². The van der Waals surface area contributed by atoms with Crippen LogP contribution in [0, 0.1) is 5.41 Å². The van der Waals surface area contributed by atoms with Crippen molar-refractivity contribution >= 4 is 10.2 Å². The third-order valence-corrected chi connectivity index (χ3v) is 6.77. The molecule has 0 aliphatic carbocycles. The van der Waals surface area contributed by atoms with E-state index in [2.05, 4.69) is 4.98 Å². The van der Waals surface area contributed by atoms with Gasteiger partial charge in [0, 0.05) is 51.5 Å². The molecule has 2 saturated heterocycles. The summed E-state index contributed by atoms with van der Waals surface area (Å²) in [5.74, 6) is 0.559. The minimum absolute atomic E-state index is 0.0311. The largest absolute Gasteiger partial charge is 0.477 e. The van der Waals surface area contributed by atoms with Gasteiger partial charge in [-0.15, -0.1) is 0 Å². The van der Waals surface area contributed by atoms with Gasteiger partial charge in [-0.2, -0.15) is 17.0 Å². The van der Waals surface area contributed by atoms with Gasteiger partial charge in [0.25, 0.3) is 10.2 Å². The second-order valence-electron chi connectivity index (χ2n) is 6.69. The number of ether oxygens (including phenoxy) is 2. The van der Waals surface area contributed by atoms with E-state index in [0.29, 0.717) is 32.0 Å². The van der Waals surface area contributed by atoms with Crippen molar-refractivity contribution in [2.75, 3.05) is 40.4 Å². The van der Waals surface area contributed by atoms with E-state index in [0.717, 1.165) is 19.4 Å². The molecule has 0 N–H and O–H groups in total. The summed E-state index contributed by atoms with van der Waals surface area (Å²) in [5.41, 5.74) is -0.322. The van der Waals surface area contributed by atoms with Crippen LogP contribution in [0.3, 0.4) is 0 Å². The number of fused-ring (bicyclic) bond motifs is 1. The van der Waals surface area contributed by atoms with Gasteiger partial charge in [0.1, 0.15) is 0 Å². The molecule has 134 valence electrons. The van der Waals surface area contributed by atoms with Crippen LogP contribution in [0.1, 0.15) is 19.3 Å². The monoisotopic (exact) mass is 355 g/mol. The van der Waals surface area contributed by atoms with Crippen molar-refractivity contribution in [3.05, 3.63) is 24.4 Å². The van der Waals surface area contributed by atoms with Gasteiger partial charge in [-0.1, -0.05) is 6.07 Å². The number of hydrogen-bond donors (Lipinski definition) is 0. The van der Waals surface area contributed by atoms with Crippen LogP contribution in [0.25, 0.3) is 0 Å². The maximum absolute atomic E-state index is 12.5. The summed E-state index contributed by atoms with van der Waals surface area (Å²) in [6, 6.07) is 5.52. The summed E-state index contributed by atoms with van der Waals surface area (Å²) in [4.78, 5) is 4.19. The average molecular weight is 355 g/mol. The predicted molar refractivity (Wildman–Crippen MR) is 89.9 cm³/mol. The highest BCUT2D eigenvalue weighted by atomic mass is 32.2. The molecule has 7 nitrogen and oxygen atoms in total. The summed E-state index contributed by atoms with van der Waals surface area (Å²) in [6.45, 7) is 2.05. The number of rotatable bonds is 5. The molecule has 8 heteroatoms. The minimum atomic E-state index is -3.43. The molecule has 2 atom stereocenters. The van der Waals surface area contributed by atoms with Crippen LogP contribution in [0.2, 0.25) is 0 Å². The molecular weight excluding hydrogens is 330 g/mol. The quantitative estimate of drug-likeness (QED) is 0.792. The van der Waals surface area contributed by atoms with Gasteiger partial charge < -0.3 is 9.47 Å². The first-order chi connectivity index (χ1) is 11.4. The molecule has 0 amide bonds. The Kier molecular flexibility index (Phi) is 5.10. The van der Waals surface area contributed by atoms with Gasteiger partial charge in [-0.05, 0) is 25.3 Å². The van der Waals surface area contributed by atoms with E-state index in [-0.39, 0.29) is 11.5 Å². The van der Waals surface area contributed by atoms with Crippen LogP contribution in [0.4, 0.5) is 0 Å². The first kappa shape index (κ1) is 17.6. The van der Waals surface area contributed by atoms with Crippen molar-refractivity contribution < 1.29 is 17.9 Å². The van der Waals surface area contributed by atoms with E-state index in [1.807, 2.05) is 18.2 Å². The Balaban J connectivity index is 1.79. The molecular formula is C16H25N3O4S. The standard InChI is InChI=1S/C16H25N3O4S/c1-18(2)24(20,21)19-10-7-14-16(12-19,8-5-11-22-14)13-23-15-6-3-4-9-17-15/h3-4,6,9,14H,5,7-8,10-13H2,1-2H3/t14-,16-/m1/s1. The number of piperidine rings is 1. The third kappa shape index (κ3) is 3.42. The Morgan fingerprint density at radius 1 is 1.46 bits per heavy atom. The molecule has 2 aliphatic rings. The lowest BCUT2D eigenvalue weighted by molar-refractivity contribution is -0.128. The Morgan fingerprint density at radius 2 is 2.29 bits per heavy atom. The van der Waals surface area contributed by atoms with Crippen molar-refractivity contribution in [1.82, 2.24) is 13.6 Å². The summed E-state index contributed by atoms with van der Waals surface area (Å²) >= 11 is 0. The SMILES string of the molecule is CN(C)S(=O)(=O)N1CC[C@H]2OCCC[C@]2(COc2ccccn2)C1. The van der Waals surface area contributed by atoms with Crippen molar-refractivity contribution in [1.29, 1.82) is 0 Å². The number of aromatic nitrogens is 1. The van der Waals surface area contributed by atoms with Gasteiger partial charge in [-0.3, -0.25) is 0 Å². The second kappa shape index (κ2) is 6.95. The predicted octanol–water partition coefficient (Wildman–Crippen LogP) is 1.14. The summed E-state index contributed by atoms with van der Waals surface area (Å²) in [6.07, 6.45) is 4.22. The molecule has 0 saturated carbocycles. The van der Waals surface area contributed by atoms with Crippen LogP contribution in [-0.2, 0) is 14.9 Å². The Bertz CT molecular complexity index is 653. The summed E-state index contributed by atoms with van der Waals surface area (Å²) < 4.78 is 39.8. The molecule has 2 aliphatic heterocycles. The van der Waals surface area contributed by atoms with E-state index >= 15 is 0 Å². The van der Waals surface area contributed by atoms with Crippen LogP contribution in [-0.4, -0.2) is 68.5 Å². The Morgan fingerprint density at radius 3 is 3.00 bits per heavy atom. The van der Waals surface area contributed by atoms with Crippen LogP contribution < -0.4 is 4.74 Å². The van der Waals surface area contributed by atoms with E-state index in [1.165, 1.54) is 4.31 Å². The Labute approximate surface area is 143 Å². The fourth-order valence-corrected chi connectivity index (χ4v) is 4.76. The number of nitrogens with zero attached hydrogens (tertiary/aromatic N) is 3. The molecule has 1 aromatic heterocycles. The van der Waals surface area contributed by atoms with Crippen molar-refractivity contribution in [2.45, 2.75) is 25.4 Å². The van der Waals surface area contributed by atoms with Crippen molar-refractivity contribution in [3.8, 4) is 5.88 Å². The van der Waals surface area contributed by atoms with Gasteiger partial charge in [0.2, 0.25) is 5.88 Å². The molecule has 2 fully saturated rings. The molecule has 3 heterocycles. The van der Waals surface area contributed by atoms with Gasteiger partial charge >= 0.3 is 0 Å². The first-order valence-corrected chi connectivity index (χ1v) is 9.67. The summed E-state index contributed by atoms with van der Waals surface area (Å²) in [7, 11) is -0.301. The van der Waals surface area contributed by atoms with E-state index in [4.69, 9.17) is 9.47 Å². The molecule has 3 rings (SSSR count). The molecule has 0 aromatic carbocycles. The van der Waals surface area contributed by atoms with E-state index in [9.17, 15) is 8.42 Å². The zero-order valence-electron chi connectivity index (χ0n) is 14.2. The zero-order chi connectivity index (χ0) is 17.2. The van der Waals surface area contributed by atoms with Gasteiger partial charge in [-0.25, -0.2) is 4.98 Å². The topological polar surface area (TPSA) is 72.0 Å². The smallest absolute Gasteiger partial charge is 0.281 e. The van der Waals surface area contributed by atoms with Crippen LogP contribution >= 0.6 is 0 Å². The fraction of sp³-hybridized carbons (Fsp3) is 0.688. The number of pyridine rings is 1. The highest BCUT2D eigenvalue weighted by Gasteiger charge is 2.49. The van der Waals surface area contributed by atoms with Crippen LogP contribution in [0.5, 0.6) is 5.88 Å². The molecule has 0 bridgehead atoms. The highest BCUT2D eigenvalue weighted by molar-refractivity contribution is 7.86. The van der Waals surface area contributed by atoms with Crippen molar-refractivity contribution in [3.63, 3.8) is 0 Å². The Hall–Kier alpha value is -1.22. The molecule has 0 unspecified atom stereocenters. The second-order valence-corrected chi connectivity index (χ2v) is 8.84. The lowest BCUT2D eigenvalue weighted by Crippen LogP contribution is -2.59. The average Bonchev–Trinajstić information content (AvgIpc) is 2.60. The lowest BCUT2D eigenvalue weighted by Gasteiger charge is -2.49. The van der Waals surface area contributed by atoms with Gasteiger partial charge in [0.15, 0.2) is 0 Å². The molecule has 1 aromatic rings. The lowest BCUT2D eigenvalue weighted by atomic mass is 9.73. The zero-order valence-corrected chi connectivity index (χ0v) is 15.0. The molecule has 24 heavy (non-hydrogen) atoms. The first-order valence-electron chi connectivity index (χ1n) is 8.27. The van der Waals surface area contributed by atoms with Crippen molar-refractivity contribution in [2.24, 2.45) is 5.41 Å².